The summed E-state index contributed by atoms with van der Waals surface area (Å²) in [6.45, 7) is 1.41. The van der Waals surface area contributed by atoms with E-state index in [2.05, 4.69) is 20.7 Å². The Balaban J connectivity index is 2.69. The van der Waals surface area contributed by atoms with E-state index in [0.29, 0.717) is 0 Å². The smallest absolute Gasteiger partial charge is 0.229 e. The lowest BCUT2D eigenvalue weighted by molar-refractivity contribution is 0.581. The van der Waals surface area contributed by atoms with Crippen molar-refractivity contribution in [3.63, 3.8) is 0 Å². The average Bonchev–Trinajstić information content (AvgIpc) is 2.29. The fourth-order valence-corrected chi connectivity index (χ4v) is 3.30. The van der Waals surface area contributed by atoms with E-state index in [4.69, 9.17) is 0 Å². The van der Waals surface area contributed by atoms with Crippen molar-refractivity contribution in [1.29, 1.82) is 0 Å². The Bertz CT molecular complexity index is 593. The third-order valence-corrected chi connectivity index (χ3v) is 5.98. The molecule has 0 fully saturated rings. The first kappa shape index (κ1) is 15.6. The van der Waals surface area contributed by atoms with Crippen molar-refractivity contribution in [2.45, 2.75) is 11.8 Å². The Labute approximate surface area is 116 Å². The van der Waals surface area contributed by atoms with Gasteiger partial charge in [-0.1, -0.05) is 22.9 Å². The van der Waals surface area contributed by atoms with Gasteiger partial charge in [0.2, 0.25) is 10.0 Å². The molecule has 0 aromatic heterocycles. The zero-order chi connectivity index (χ0) is 13.8. The molecule has 0 saturated heterocycles. The number of sulfonamides is 1. The van der Waals surface area contributed by atoms with Gasteiger partial charge in [-0.3, -0.25) is 0 Å². The number of nitrogens with one attached hydrogen (secondary N) is 1. The van der Waals surface area contributed by atoms with Gasteiger partial charge in [-0.2, -0.15) is 0 Å². The minimum absolute atomic E-state index is 0.00696. The average molecular weight is 356 g/mol. The first-order chi connectivity index (χ1) is 8.27. The Morgan fingerprint density at radius 1 is 1.11 bits per heavy atom. The van der Waals surface area contributed by atoms with Crippen LogP contribution in [0.25, 0.3) is 0 Å². The maximum atomic E-state index is 11.8. The Morgan fingerprint density at radius 2 is 1.67 bits per heavy atom. The number of halogens is 1. The van der Waals surface area contributed by atoms with Crippen molar-refractivity contribution in [1.82, 2.24) is 4.72 Å². The van der Waals surface area contributed by atoms with Gasteiger partial charge in [0.05, 0.1) is 10.6 Å². The normalized spacial score (nSPS) is 12.6. The van der Waals surface area contributed by atoms with Crippen LogP contribution in [0.4, 0.5) is 0 Å². The molecule has 0 heterocycles. The highest BCUT2D eigenvalue weighted by molar-refractivity contribution is 9.10. The molecule has 8 heteroatoms. The predicted molar refractivity (Wildman–Crippen MR) is 73.7 cm³/mol. The van der Waals surface area contributed by atoms with Crippen LogP contribution in [-0.4, -0.2) is 34.9 Å². The molecule has 18 heavy (non-hydrogen) atoms. The van der Waals surface area contributed by atoms with Crippen LogP contribution in [-0.2, 0) is 19.9 Å². The summed E-state index contributed by atoms with van der Waals surface area (Å²) in [6.07, 6.45) is 0. The van der Waals surface area contributed by atoms with Crippen LogP contribution in [0.1, 0.15) is 6.92 Å². The minimum Gasteiger partial charge on any atom is -0.229 e. The maximum Gasteiger partial charge on any atom is 0.240 e. The number of hydrogen-bond acceptors (Lipinski definition) is 4. The van der Waals surface area contributed by atoms with E-state index < -0.39 is 19.9 Å². The Hall–Kier alpha value is -0.440. The van der Waals surface area contributed by atoms with Gasteiger partial charge in [-0.05, 0) is 24.3 Å². The monoisotopic (exact) mass is 355 g/mol. The second kappa shape index (κ2) is 6.14. The Morgan fingerprint density at radius 3 is 2.17 bits per heavy atom. The standard InChI is InChI=1S/C10H14BrNO4S2/c1-2-17(13,14)8-7-12-18(15,16)10-5-3-9(11)4-6-10/h3-6,12H,2,7-8H2,1H3. The summed E-state index contributed by atoms with van der Waals surface area (Å²) in [4.78, 5) is 0.111. The van der Waals surface area contributed by atoms with Crippen molar-refractivity contribution in [3.05, 3.63) is 28.7 Å². The highest BCUT2D eigenvalue weighted by atomic mass is 79.9. The largest absolute Gasteiger partial charge is 0.240 e. The summed E-state index contributed by atoms with van der Waals surface area (Å²) in [6, 6.07) is 6.11. The Kier molecular flexibility index (Phi) is 5.32. The molecule has 0 bridgehead atoms. The summed E-state index contributed by atoms with van der Waals surface area (Å²) in [5, 5.41) is 0. The molecule has 0 spiro atoms. The second-order valence-corrected chi connectivity index (χ2v) is 8.74. The summed E-state index contributed by atoms with van der Waals surface area (Å²) in [7, 11) is -6.81. The zero-order valence-electron chi connectivity index (χ0n) is 9.76. The van der Waals surface area contributed by atoms with E-state index >= 15 is 0 Å². The van der Waals surface area contributed by atoms with E-state index in [1.54, 1.807) is 12.1 Å². The van der Waals surface area contributed by atoms with E-state index in [1.807, 2.05) is 0 Å². The summed E-state index contributed by atoms with van der Waals surface area (Å²) < 4.78 is 49.1. The number of sulfone groups is 1. The molecule has 0 aliphatic carbocycles. The molecular formula is C10H14BrNO4S2. The van der Waals surface area contributed by atoms with Crippen LogP contribution in [0.15, 0.2) is 33.6 Å². The third-order valence-electron chi connectivity index (χ3n) is 2.27. The van der Waals surface area contributed by atoms with Gasteiger partial charge in [0.1, 0.15) is 0 Å². The SMILES string of the molecule is CCS(=O)(=O)CCNS(=O)(=O)c1ccc(Br)cc1. The predicted octanol–water partition coefficient (Wildman–Crippen LogP) is 1.16. The maximum absolute atomic E-state index is 11.8. The number of hydrogen-bond donors (Lipinski definition) is 1. The van der Waals surface area contributed by atoms with Gasteiger partial charge >= 0.3 is 0 Å². The van der Waals surface area contributed by atoms with Crippen molar-refractivity contribution >= 4 is 35.8 Å². The molecule has 0 atom stereocenters. The lowest BCUT2D eigenvalue weighted by atomic mass is 10.4. The third kappa shape index (κ3) is 4.68. The van der Waals surface area contributed by atoms with Crippen LogP contribution >= 0.6 is 15.9 Å². The first-order valence-electron chi connectivity index (χ1n) is 5.22. The molecule has 0 amide bonds. The van der Waals surface area contributed by atoms with Crippen molar-refractivity contribution < 1.29 is 16.8 Å². The molecule has 0 radical (unpaired) electrons. The molecule has 0 aliphatic heterocycles. The van der Waals surface area contributed by atoms with Gasteiger partial charge in [-0.25, -0.2) is 21.6 Å². The molecule has 1 rings (SSSR count). The van der Waals surface area contributed by atoms with Gasteiger partial charge in [-0.15, -0.1) is 0 Å². The molecule has 1 N–H and O–H groups in total. The molecule has 1 aromatic rings. The van der Waals surface area contributed by atoms with Gasteiger partial charge in [0.15, 0.2) is 9.84 Å². The molecule has 102 valence electrons. The summed E-state index contributed by atoms with van der Waals surface area (Å²) in [5.74, 6) is -0.188. The van der Waals surface area contributed by atoms with Crippen LogP contribution in [0, 0.1) is 0 Å². The molecular weight excluding hydrogens is 342 g/mol. The number of benzene rings is 1. The van der Waals surface area contributed by atoms with E-state index in [-0.39, 0.29) is 22.9 Å². The minimum atomic E-state index is -3.64. The molecule has 5 nitrogen and oxygen atoms in total. The van der Waals surface area contributed by atoms with Crippen molar-refractivity contribution in [2.24, 2.45) is 0 Å². The van der Waals surface area contributed by atoms with Crippen molar-refractivity contribution in [3.8, 4) is 0 Å². The van der Waals surface area contributed by atoms with E-state index in [9.17, 15) is 16.8 Å². The van der Waals surface area contributed by atoms with Crippen LogP contribution in [0.5, 0.6) is 0 Å². The van der Waals surface area contributed by atoms with Gasteiger partial charge in [0, 0.05) is 16.8 Å². The molecule has 1 aromatic carbocycles. The molecule has 0 unspecified atom stereocenters. The van der Waals surface area contributed by atoms with Gasteiger partial charge < -0.3 is 0 Å². The highest BCUT2D eigenvalue weighted by Crippen LogP contribution is 2.14. The fourth-order valence-electron chi connectivity index (χ4n) is 1.17. The molecule has 0 saturated carbocycles. The molecule has 0 aliphatic rings. The van der Waals surface area contributed by atoms with Crippen LogP contribution < -0.4 is 4.72 Å². The first-order valence-corrected chi connectivity index (χ1v) is 9.32. The van der Waals surface area contributed by atoms with Crippen LogP contribution in [0.3, 0.4) is 0 Å². The lowest BCUT2D eigenvalue weighted by Crippen LogP contribution is -2.29. The van der Waals surface area contributed by atoms with E-state index in [1.165, 1.54) is 19.1 Å². The van der Waals surface area contributed by atoms with Crippen molar-refractivity contribution in [2.75, 3.05) is 18.1 Å². The highest BCUT2D eigenvalue weighted by Gasteiger charge is 2.15. The zero-order valence-corrected chi connectivity index (χ0v) is 13.0. The van der Waals surface area contributed by atoms with E-state index in [0.717, 1.165) is 4.47 Å². The van der Waals surface area contributed by atoms with Crippen LogP contribution in [0.2, 0.25) is 0 Å². The fraction of sp³-hybridized carbons (Fsp3) is 0.400. The summed E-state index contributed by atoms with van der Waals surface area (Å²) in [5.41, 5.74) is 0. The van der Waals surface area contributed by atoms with Gasteiger partial charge in [0.25, 0.3) is 0 Å². The topological polar surface area (TPSA) is 80.3 Å². The summed E-state index contributed by atoms with van der Waals surface area (Å²) >= 11 is 3.21. The lowest BCUT2D eigenvalue weighted by Gasteiger charge is -2.06. The second-order valence-electron chi connectivity index (χ2n) is 3.59. The quantitative estimate of drug-likeness (QED) is 0.830. The number of rotatable bonds is 6.